The van der Waals surface area contributed by atoms with Gasteiger partial charge in [-0.2, -0.15) is 0 Å². The van der Waals surface area contributed by atoms with Crippen LogP contribution in [-0.4, -0.2) is 44.7 Å². The number of benzene rings is 1. The van der Waals surface area contributed by atoms with Crippen LogP contribution < -0.4 is 16.0 Å². The maximum absolute atomic E-state index is 11.6. The first-order chi connectivity index (χ1) is 12.7. The highest BCUT2D eigenvalue weighted by molar-refractivity contribution is 5.80. The number of nitrogens with zero attached hydrogens (tertiary/aromatic N) is 1. The van der Waals surface area contributed by atoms with Crippen molar-refractivity contribution < 1.29 is 9.53 Å². The van der Waals surface area contributed by atoms with Crippen LogP contribution in [0.5, 0.6) is 0 Å². The fourth-order valence-electron chi connectivity index (χ4n) is 2.49. The quantitative estimate of drug-likeness (QED) is 0.321. The third-order valence-corrected chi connectivity index (χ3v) is 4.17. The second-order valence-electron chi connectivity index (χ2n) is 6.93. The first-order valence-electron chi connectivity index (χ1n) is 9.53. The van der Waals surface area contributed by atoms with Crippen LogP contribution in [0, 0.1) is 5.92 Å². The molecule has 0 radical (unpaired) electrons. The molecular weight excluding hydrogens is 328 g/mol. The first-order valence-corrected chi connectivity index (χ1v) is 9.53. The van der Waals surface area contributed by atoms with Gasteiger partial charge < -0.3 is 20.7 Å². The van der Waals surface area contributed by atoms with Gasteiger partial charge in [0.25, 0.3) is 0 Å². The molecule has 1 fully saturated rings. The third kappa shape index (κ3) is 8.85. The molecule has 1 atom stereocenters. The number of ether oxygens (including phenoxy) is 1. The normalized spacial score (nSPS) is 15.4. The van der Waals surface area contributed by atoms with E-state index in [4.69, 9.17) is 4.74 Å². The van der Waals surface area contributed by atoms with Gasteiger partial charge in [-0.25, -0.2) is 0 Å². The Balaban J connectivity index is 1.50. The second kappa shape index (κ2) is 11.5. The standard InChI is InChI=1S/C20H32N4O2/c1-16(14-26-15-17-7-4-3-5-8-17)13-23-20(21-2)22-12-6-9-19(25)24-18-10-11-18/h3-5,7-8,16,18H,6,9-15H2,1-2H3,(H,24,25)(H2,21,22,23). The summed E-state index contributed by atoms with van der Waals surface area (Å²) in [6.45, 7) is 5.00. The number of hydrogen-bond acceptors (Lipinski definition) is 3. The van der Waals surface area contributed by atoms with Gasteiger partial charge in [0.2, 0.25) is 5.91 Å². The summed E-state index contributed by atoms with van der Waals surface area (Å²) in [6, 6.07) is 10.6. The number of carbonyl (C=O) groups is 1. The molecule has 0 heterocycles. The van der Waals surface area contributed by atoms with Gasteiger partial charge in [-0.3, -0.25) is 9.79 Å². The highest BCUT2D eigenvalue weighted by Crippen LogP contribution is 2.18. The molecule has 1 aromatic carbocycles. The molecule has 1 saturated carbocycles. The third-order valence-electron chi connectivity index (χ3n) is 4.17. The predicted octanol–water partition coefficient (Wildman–Crippen LogP) is 2.06. The second-order valence-corrected chi connectivity index (χ2v) is 6.93. The van der Waals surface area contributed by atoms with Gasteiger partial charge in [0, 0.05) is 32.6 Å². The fraction of sp³-hybridized carbons (Fsp3) is 0.600. The number of hydrogen-bond donors (Lipinski definition) is 3. The summed E-state index contributed by atoms with van der Waals surface area (Å²) in [4.78, 5) is 15.8. The van der Waals surface area contributed by atoms with Crippen molar-refractivity contribution in [1.82, 2.24) is 16.0 Å². The van der Waals surface area contributed by atoms with Crippen molar-refractivity contribution in [3.05, 3.63) is 35.9 Å². The van der Waals surface area contributed by atoms with Gasteiger partial charge in [0.15, 0.2) is 5.96 Å². The smallest absolute Gasteiger partial charge is 0.220 e. The minimum absolute atomic E-state index is 0.154. The lowest BCUT2D eigenvalue weighted by Crippen LogP contribution is -2.40. The molecule has 1 aromatic rings. The van der Waals surface area contributed by atoms with Crippen molar-refractivity contribution in [2.75, 3.05) is 26.7 Å². The first kappa shape index (κ1) is 20.2. The van der Waals surface area contributed by atoms with Gasteiger partial charge in [0.1, 0.15) is 0 Å². The zero-order valence-electron chi connectivity index (χ0n) is 16.0. The number of carbonyl (C=O) groups excluding carboxylic acids is 1. The van der Waals surface area contributed by atoms with E-state index < -0.39 is 0 Å². The number of rotatable bonds is 11. The molecule has 26 heavy (non-hydrogen) atoms. The lowest BCUT2D eigenvalue weighted by Gasteiger charge is -2.16. The van der Waals surface area contributed by atoms with Crippen LogP contribution in [0.2, 0.25) is 0 Å². The van der Waals surface area contributed by atoms with E-state index in [2.05, 4.69) is 40.0 Å². The van der Waals surface area contributed by atoms with Crippen LogP contribution in [0.15, 0.2) is 35.3 Å². The molecular formula is C20H32N4O2. The van der Waals surface area contributed by atoms with Crippen LogP contribution in [0.3, 0.4) is 0 Å². The maximum Gasteiger partial charge on any atom is 0.220 e. The molecule has 0 aliphatic heterocycles. The Morgan fingerprint density at radius 2 is 2.04 bits per heavy atom. The minimum atomic E-state index is 0.154. The van der Waals surface area contributed by atoms with Crippen LogP contribution in [0.4, 0.5) is 0 Å². The van der Waals surface area contributed by atoms with Gasteiger partial charge in [0.05, 0.1) is 13.2 Å². The molecule has 144 valence electrons. The van der Waals surface area contributed by atoms with E-state index in [9.17, 15) is 4.79 Å². The van der Waals surface area contributed by atoms with E-state index in [0.717, 1.165) is 38.3 Å². The lowest BCUT2D eigenvalue weighted by atomic mass is 10.2. The number of nitrogens with one attached hydrogen (secondary N) is 3. The molecule has 6 nitrogen and oxygen atoms in total. The van der Waals surface area contributed by atoms with E-state index in [1.807, 2.05) is 18.2 Å². The van der Waals surface area contributed by atoms with E-state index >= 15 is 0 Å². The van der Waals surface area contributed by atoms with E-state index in [-0.39, 0.29) is 5.91 Å². The molecule has 1 amide bonds. The Hall–Kier alpha value is -2.08. The molecule has 2 rings (SSSR count). The summed E-state index contributed by atoms with van der Waals surface area (Å²) in [5.41, 5.74) is 1.19. The molecule has 0 spiro atoms. The van der Waals surface area contributed by atoms with Crippen LogP contribution in [-0.2, 0) is 16.1 Å². The largest absolute Gasteiger partial charge is 0.376 e. The number of amides is 1. The van der Waals surface area contributed by atoms with Gasteiger partial charge in [-0.05, 0) is 30.7 Å². The monoisotopic (exact) mass is 360 g/mol. The molecule has 1 unspecified atom stereocenters. The zero-order valence-corrected chi connectivity index (χ0v) is 16.0. The highest BCUT2D eigenvalue weighted by Gasteiger charge is 2.22. The van der Waals surface area contributed by atoms with Crippen molar-refractivity contribution in [2.24, 2.45) is 10.9 Å². The van der Waals surface area contributed by atoms with E-state index in [1.54, 1.807) is 7.05 Å². The van der Waals surface area contributed by atoms with Crippen molar-refractivity contribution in [3.8, 4) is 0 Å². The van der Waals surface area contributed by atoms with E-state index in [1.165, 1.54) is 5.56 Å². The van der Waals surface area contributed by atoms with Crippen molar-refractivity contribution in [1.29, 1.82) is 0 Å². The Morgan fingerprint density at radius 3 is 2.73 bits per heavy atom. The topological polar surface area (TPSA) is 74.8 Å². The predicted molar refractivity (Wildman–Crippen MR) is 105 cm³/mol. The van der Waals surface area contributed by atoms with E-state index in [0.29, 0.717) is 31.6 Å². The van der Waals surface area contributed by atoms with Crippen molar-refractivity contribution >= 4 is 11.9 Å². The molecule has 6 heteroatoms. The zero-order chi connectivity index (χ0) is 18.6. The average Bonchev–Trinajstić information content (AvgIpc) is 3.46. The minimum Gasteiger partial charge on any atom is -0.376 e. The fourth-order valence-corrected chi connectivity index (χ4v) is 2.49. The Bertz CT molecular complexity index is 558. The summed E-state index contributed by atoms with van der Waals surface area (Å²) in [7, 11) is 1.76. The molecule has 0 bridgehead atoms. The molecule has 0 saturated heterocycles. The summed E-state index contributed by atoms with van der Waals surface area (Å²) in [5, 5.41) is 9.56. The SMILES string of the molecule is CN=C(NCCCC(=O)NC1CC1)NCC(C)COCc1ccccc1. The number of aliphatic imine (C=N–C) groups is 1. The Kier molecular flexibility index (Phi) is 8.96. The summed E-state index contributed by atoms with van der Waals surface area (Å²) >= 11 is 0. The van der Waals surface area contributed by atoms with Crippen molar-refractivity contribution in [3.63, 3.8) is 0 Å². The molecule has 3 N–H and O–H groups in total. The maximum atomic E-state index is 11.6. The lowest BCUT2D eigenvalue weighted by molar-refractivity contribution is -0.121. The summed E-state index contributed by atoms with van der Waals surface area (Å²) < 4.78 is 5.76. The number of guanidine groups is 1. The van der Waals surface area contributed by atoms with Crippen molar-refractivity contribution in [2.45, 2.75) is 45.3 Å². The molecule has 1 aliphatic carbocycles. The molecule has 1 aliphatic rings. The van der Waals surface area contributed by atoms with Gasteiger partial charge in [-0.1, -0.05) is 37.3 Å². The Morgan fingerprint density at radius 1 is 1.27 bits per heavy atom. The van der Waals surface area contributed by atoms with Crippen LogP contribution in [0.1, 0.15) is 38.2 Å². The average molecular weight is 361 g/mol. The van der Waals surface area contributed by atoms with Crippen LogP contribution >= 0.6 is 0 Å². The summed E-state index contributed by atoms with van der Waals surface area (Å²) in [6.07, 6.45) is 3.63. The van der Waals surface area contributed by atoms with Gasteiger partial charge in [-0.15, -0.1) is 0 Å². The van der Waals surface area contributed by atoms with Crippen LogP contribution in [0.25, 0.3) is 0 Å². The van der Waals surface area contributed by atoms with Gasteiger partial charge >= 0.3 is 0 Å². The highest BCUT2D eigenvalue weighted by atomic mass is 16.5. The molecule has 0 aromatic heterocycles. The summed E-state index contributed by atoms with van der Waals surface area (Å²) in [5.74, 6) is 1.30. The Labute approximate surface area is 156 Å².